The minimum Gasteiger partial charge on any atom is -0.389 e. The Hall–Kier alpha value is -1.02. The SMILES string of the molecule is CCCCCN(C)c1ccc([C@@H](C)O)cc1. The van der Waals surface area contributed by atoms with Crippen molar-refractivity contribution in [2.75, 3.05) is 18.5 Å². The largest absolute Gasteiger partial charge is 0.389 e. The summed E-state index contributed by atoms with van der Waals surface area (Å²) >= 11 is 0. The van der Waals surface area contributed by atoms with Crippen molar-refractivity contribution in [2.24, 2.45) is 0 Å². The maximum Gasteiger partial charge on any atom is 0.0761 e. The van der Waals surface area contributed by atoms with Crippen LogP contribution in [0.1, 0.15) is 44.8 Å². The molecule has 0 saturated carbocycles. The monoisotopic (exact) mass is 221 g/mol. The van der Waals surface area contributed by atoms with Crippen LogP contribution in [0.2, 0.25) is 0 Å². The van der Waals surface area contributed by atoms with Crippen molar-refractivity contribution < 1.29 is 5.11 Å². The number of hydrogen-bond donors (Lipinski definition) is 1. The van der Waals surface area contributed by atoms with Crippen molar-refractivity contribution in [2.45, 2.75) is 39.2 Å². The second kappa shape index (κ2) is 6.54. The van der Waals surface area contributed by atoms with Gasteiger partial charge in [-0.05, 0) is 31.0 Å². The summed E-state index contributed by atoms with van der Waals surface area (Å²) in [6.07, 6.45) is 3.41. The van der Waals surface area contributed by atoms with E-state index >= 15 is 0 Å². The van der Waals surface area contributed by atoms with Gasteiger partial charge in [0.25, 0.3) is 0 Å². The number of unbranched alkanes of at least 4 members (excludes halogenated alkanes) is 2. The van der Waals surface area contributed by atoms with Crippen LogP contribution in [0.3, 0.4) is 0 Å². The second-order valence-corrected chi connectivity index (χ2v) is 4.40. The van der Waals surface area contributed by atoms with E-state index in [0.717, 1.165) is 12.1 Å². The highest BCUT2D eigenvalue weighted by atomic mass is 16.3. The average Bonchev–Trinajstić information content (AvgIpc) is 2.29. The lowest BCUT2D eigenvalue weighted by molar-refractivity contribution is 0.199. The first-order chi connectivity index (χ1) is 7.65. The molecule has 1 atom stereocenters. The van der Waals surface area contributed by atoms with E-state index in [1.165, 1.54) is 24.9 Å². The maximum atomic E-state index is 9.41. The van der Waals surface area contributed by atoms with Crippen LogP contribution in [0.25, 0.3) is 0 Å². The summed E-state index contributed by atoms with van der Waals surface area (Å²) in [5.41, 5.74) is 2.20. The van der Waals surface area contributed by atoms with Gasteiger partial charge in [0.05, 0.1) is 6.10 Å². The number of aliphatic hydroxyl groups excluding tert-OH is 1. The van der Waals surface area contributed by atoms with Crippen LogP contribution in [0.5, 0.6) is 0 Å². The summed E-state index contributed by atoms with van der Waals surface area (Å²) in [5.74, 6) is 0. The fourth-order valence-corrected chi connectivity index (χ4v) is 1.74. The molecule has 0 heterocycles. The predicted molar refractivity (Wildman–Crippen MR) is 69.9 cm³/mol. The Kier molecular flexibility index (Phi) is 5.33. The minimum atomic E-state index is -0.376. The maximum absolute atomic E-state index is 9.41. The molecule has 0 unspecified atom stereocenters. The Bertz CT molecular complexity index is 292. The lowest BCUT2D eigenvalue weighted by Crippen LogP contribution is -2.18. The third-order valence-corrected chi connectivity index (χ3v) is 2.91. The zero-order valence-electron chi connectivity index (χ0n) is 10.6. The molecule has 0 radical (unpaired) electrons. The van der Waals surface area contributed by atoms with Gasteiger partial charge in [0.2, 0.25) is 0 Å². The molecule has 2 heteroatoms. The van der Waals surface area contributed by atoms with E-state index in [9.17, 15) is 5.11 Å². The van der Waals surface area contributed by atoms with Crippen LogP contribution < -0.4 is 4.90 Å². The third kappa shape index (κ3) is 3.86. The lowest BCUT2D eigenvalue weighted by Gasteiger charge is -2.19. The molecule has 0 aliphatic carbocycles. The van der Waals surface area contributed by atoms with Gasteiger partial charge in [-0.15, -0.1) is 0 Å². The van der Waals surface area contributed by atoms with Crippen molar-refractivity contribution in [1.82, 2.24) is 0 Å². The lowest BCUT2D eigenvalue weighted by atomic mass is 10.1. The van der Waals surface area contributed by atoms with Crippen LogP contribution in [0, 0.1) is 0 Å². The Morgan fingerprint density at radius 2 is 1.81 bits per heavy atom. The highest BCUT2D eigenvalue weighted by molar-refractivity contribution is 5.47. The van der Waals surface area contributed by atoms with Crippen molar-refractivity contribution in [1.29, 1.82) is 0 Å². The van der Waals surface area contributed by atoms with Gasteiger partial charge in [-0.1, -0.05) is 31.9 Å². The van der Waals surface area contributed by atoms with Crippen molar-refractivity contribution in [3.63, 3.8) is 0 Å². The normalized spacial score (nSPS) is 12.5. The Labute approximate surface area is 98.9 Å². The molecule has 0 aliphatic heterocycles. The van der Waals surface area contributed by atoms with Gasteiger partial charge in [-0.3, -0.25) is 0 Å². The summed E-state index contributed by atoms with van der Waals surface area (Å²) in [6.45, 7) is 5.11. The first kappa shape index (κ1) is 13.0. The fraction of sp³-hybridized carbons (Fsp3) is 0.571. The summed E-state index contributed by atoms with van der Waals surface area (Å²) in [5, 5.41) is 9.41. The van der Waals surface area contributed by atoms with Gasteiger partial charge in [0, 0.05) is 19.3 Å². The molecule has 90 valence electrons. The summed E-state index contributed by atoms with van der Waals surface area (Å²) in [7, 11) is 2.12. The second-order valence-electron chi connectivity index (χ2n) is 4.40. The smallest absolute Gasteiger partial charge is 0.0761 e. The van der Waals surface area contributed by atoms with Crippen LogP contribution in [-0.4, -0.2) is 18.7 Å². The quantitative estimate of drug-likeness (QED) is 0.744. The van der Waals surface area contributed by atoms with Crippen molar-refractivity contribution in [3.05, 3.63) is 29.8 Å². The zero-order chi connectivity index (χ0) is 12.0. The minimum absolute atomic E-state index is 0.376. The van der Waals surface area contributed by atoms with Crippen molar-refractivity contribution >= 4 is 5.69 Å². The molecule has 1 rings (SSSR count). The third-order valence-electron chi connectivity index (χ3n) is 2.91. The molecule has 0 fully saturated rings. The standard InChI is InChI=1S/C14H23NO/c1-4-5-6-11-15(3)14-9-7-13(8-10-14)12(2)16/h7-10,12,16H,4-6,11H2,1-3H3/t12-/m1/s1. The van der Waals surface area contributed by atoms with Crippen LogP contribution in [0.15, 0.2) is 24.3 Å². The molecule has 0 bridgehead atoms. The number of hydrogen-bond acceptors (Lipinski definition) is 2. The van der Waals surface area contributed by atoms with Crippen LogP contribution in [0.4, 0.5) is 5.69 Å². The van der Waals surface area contributed by atoms with Gasteiger partial charge in [-0.2, -0.15) is 0 Å². The molecule has 2 nitrogen and oxygen atoms in total. The molecule has 1 N–H and O–H groups in total. The molecule has 0 amide bonds. The number of nitrogens with zero attached hydrogens (tertiary/aromatic N) is 1. The molecule has 0 saturated heterocycles. The van der Waals surface area contributed by atoms with Gasteiger partial charge < -0.3 is 10.0 Å². The van der Waals surface area contributed by atoms with Crippen LogP contribution >= 0.6 is 0 Å². The zero-order valence-corrected chi connectivity index (χ0v) is 10.6. The molecule has 16 heavy (non-hydrogen) atoms. The van der Waals surface area contributed by atoms with Crippen LogP contribution in [-0.2, 0) is 0 Å². The van der Waals surface area contributed by atoms with E-state index in [0.29, 0.717) is 0 Å². The highest BCUT2D eigenvalue weighted by Crippen LogP contribution is 2.18. The van der Waals surface area contributed by atoms with E-state index in [1.54, 1.807) is 6.92 Å². The van der Waals surface area contributed by atoms with Gasteiger partial charge >= 0.3 is 0 Å². The Morgan fingerprint density at radius 3 is 2.31 bits per heavy atom. The van der Waals surface area contributed by atoms with Crippen molar-refractivity contribution in [3.8, 4) is 0 Å². The summed E-state index contributed by atoms with van der Waals surface area (Å²) < 4.78 is 0. The molecular formula is C14H23NO. The van der Waals surface area contributed by atoms with E-state index in [1.807, 2.05) is 12.1 Å². The summed E-state index contributed by atoms with van der Waals surface area (Å²) in [6, 6.07) is 8.15. The fourth-order valence-electron chi connectivity index (χ4n) is 1.74. The van der Waals surface area contributed by atoms with E-state index in [2.05, 4.69) is 31.0 Å². The number of anilines is 1. The Morgan fingerprint density at radius 1 is 1.19 bits per heavy atom. The van der Waals surface area contributed by atoms with Gasteiger partial charge in [-0.25, -0.2) is 0 Å². The first-order valence-electron chi connectivity index (χ1n) is 6.14. The average molecular weight is 221 g/mol. The topological polar surface area (TPSA) is 23.5 Å². The number of aliphatic hydroxyl groups is 1. The first-order valence-corrected chi connectivity index (χ1v) is 6.14. The summed E-state index contributed by atoms with van der Waals surface area (Å²) in [4.78, 5) is 2.27. The molecular weight excluding hydrogens is 198 g/mol. The molecule has 1 aromatic carbocycles. The van der Waals surface area contributed by atoms with Gasteiger partial charge in [0.1, 0.15) is 0 Å². The number of rotatable bonds is 6. The van der Waals surface area contributed by atoms with E-state index in [-0.39, 0.29) is 6.10 Å². The predicted octanol–water partition coefficient (Wildman–Crippen LogP) is 3.37. The van der Waals surface area contributed by atoms with E-state index < -0.39 is 0 Å². The molecule has 0 aliphatic rings. The number of benzene rings is 1. The highest BCUT2D eigenvalue weighted by Gasteiger charge is 2.03. The van der Waals surface area contributed by atoms with E-state index in [4.69, 9.17) is 0 Å². The Balaban J connectivity index is 2.52. The molecule has 1 aromatic rings. The van der Waals surface area contributed by atoms with Gasteiger partial charge in [0.15, 0.2) is 0 Å². The molecule has 0 aromatic heterocycles. The molecule has 0 spiro atoms.